The summed E-state index contributed by atoms with van der Waals surface area (Å²) in [6.07, 6.45) is 6.10. The summed E-state index contributed by atoms with van der Waals surface area (Å²) in [6, 6.07) is 0. The average Bonchev–Trinajstić information content (AvgIpc) is 1.85. The zero-order valence-corrected chi connectivity index (χ0v) is 6.66. The number of hydrogen-bond donors (Lipinski definition) is 0. The van der Waals surface area contributed by atoms with Gasteiger partial charge in [0.1, 0.15) is 6.29 Å². The third-order valence-corrected chi connectivity index (χ3v) is 0.967. The Morgan fingerprint density at radius 1 is 1.40 bits per heavy atom. The van der Waals surface area contributed by atoms with Gasteiger partial charge in [-0.2, -0.15) is 0 Å². The van der Waals surface area contributed by atoms with Gasteiger partial charge in [0, 0.05) is 14.1 Å². The highest BCUT2D eigenvalue weighted by Gasteiger charge is 1.79. The van der Waals surface area contributed by atoms with Crippen molar-refractivity contribution in [2.24, 2.45) is 0 Å². The third kappa shape index (κ3) is 5.09. The minimum absolute atomic E-state index is 0.787. The molecule has 2 nitrogen and oxygen atoms in total. The van der Waals surface area contributed by atoms with Crippen LogP contribution in [0.5, 0.6) is 0 Å². The van der Waals surface area contributed by atoms with Crippen molar-refractivity contribution in [1.82, 2.24) is 4.90 Å². The molecular formula is C8H13NO. The summed E-state index contributed by atoms with van der Waals surface area (Å²) in [5, 5.41) is 0. The molecule has 56 valence electrons. The molecule has 0 aromatic carbocycles. The Morgan fingerprint density at radius 3 is 2.40 bits per heavy atom. The van der Waals surface area contributed by atoms with Crippen molar-refractivity contribution < 1.29 is 4.79 Å². The van der Waals surface area contributed by atoms with Gasteiger partial charge in [0.25, 0.3) is 0 Å². The van der Waals surface area contributed by atoms with Crippen LogP contribution in [0.2, 0.25) is 0 Å². The smallest absolute Gasteiger partial charge is 0.143 e. The normalized spacial score (nSPS) is 12.1. The molecule has 0 aliphatic carbocycles. The number of carbonyl (C=O) groups is 1. The van der Waals surface area contributed by atoms with Crippen LogP contribution in [0, 0.1) is 0 Å². The maximum absolute atomic E-state index is 9.94. The van der Waals surface area contributed by atoms with Crippen molar-refractivity contribution in [1.29, 1.82) is 0 Å². The molecule has 0 aliphatic heterocycles. The number of carbonyl (C=O) groups excluding carboxylic acids is 1. The Morgan fingerprint density at radius 2 is 2.00 bits per heavy atom. The standard InChI is InChI=1S/C8H13NO/c1-8(5-7-10)4-6-9(2)3/h4-7H,1-3H3/b6-4+,8-5+. The van der Waals surface area contributed by atoms with E-state index in [2.05, 4.69) is 0 Å². The van der Waals surface area contributed by atoms with Gasteiger partial charge in [-0.15, -0.1) is 0 Å². The molecule has 0 unspecified atom stereocenters. The second-order valence-corrected chi connectivity index (χ2v) is 2.33. The van der Waals surface area contributed by atoms with Crippen molar-refractivity contribution in [3.63, 3.8) is 0 Å². The molecule has 10 heavy (non-hydrogen) atoms. The average molecular weight is 139 g/mol. The zero-order valence-electron chi connectivity index (χ0n) is 6.66. The molecule has 0 aliphatic rings. The van der Waals surface area contributed by atoms with Crippen LogP contribution in [0.1, 0.15) is 6.92 Å². The van der Waals surface area contributed by atoms with Gasteiger partial charge in [-0.25, -0.2) is 0 Å². The first kappa shape index (κ1) is 8.95. The van der Waals surface area contributed by atoms with Crippen LogP contribution in [-0.2, 0) is 4.79 Å². The lowest BCUT2D eigenvalue weighted by Crippen LogP contribution is -1.99. The molecule has 0 N–H and O–H groups in total. The minimum Gasteiger partial charge on any atom is -0.383 e. The van der Waals surface area contributed by atoms with Crippen LogP contribution >= 0.6 is 0 Å². The molecular weight excluding hydrogens is 126 g/mol. The van der Waals surface area contributed by atoms with Crippen LogP contribution in [0.3, 0.4) is 0 Å². The second kappa shape index (κ2) is 4.79. The van der Waals surface area contributed by atoms with Crippen molar-refractivity contribution >= 4 is 6.29 Å². The van der Waals surface area contributed by atoms with Crippen molar-refractivity contribution in [3.8, 4) is 0 Å². The SMILES string of the molecule is CC(/C=C/N(C)C)=C\C=O. The van der Waals surface area contributed by atoms with Crippen LogP contribution in [0.4, 0.5) is 0 Å². The first-order valence-corrected chi connectivity index (χ1v) is 3.13. The summed E-state index contributed by atoms with van der Waals surface area (Å²) < 4.78 is 0. The minimum atomic E-state index is 0.787. The maximum Gasteiger partial charge on any atom is 0.143 e. The van der Waals surface area contributed by atoms with E-state index in [1.807, 2.05) is 38.2 Å². The second-order valence-electron chi connectivity index (χ2n) is 2.33. The van der Waals surface area contributed by atoms with Gasteiger partial charge in [0.15, 0.2) is 0 Å². The van der Waals surface area contributed by atoms with Gasteiger partial charge in [-0.3, -0.25) is 4.79 Å². The summed E-state index contributed by atoms with van der Waals surface area (Å²) in [6.45, 7) is 1.88. The molecule has 0 aromatic rings. The summed E-state index contributed by atoms with van der Waals surface area (Å²) >= 11 is 0. The summed E-state index contributed by atoms with van der Waals surface area (Å²) in [7, 11) is 3.87. The Kier molecular flexibility index (Phi) is 4.29. The van der Waals surface area contributed by atoms with E-state index in [1.54, 1.807) is 0 Å². The highest BCUT2D eigenvalue weighted by atomic mass is 16.1. The lowest BCUT2D eigenvalue weighted by molar-refractivity contribution is -0.104. The fraction of sp³-hybridized carbons (Fsp3) is 0.375. The van der Waals surface area contributed by atoms with Crippen molar-refractivity contribution in [2.45, 2.75) is 6.92 Å². The van der Waals surface area contributed by atoms with E-state index < -0.39 is 0 Å². The van der Waals surface area contributed by atoms with E-state index in [-0.39, 0.29) is 0 Å². The molecule has 0 saturated heterocycles. The molecule has 0 aromatic heterocycles. The van der Waals surface area contributed by atoms with Crippen LogP contribution in [0.25, 0.3) is 0 Å². The number of nitrogens with zero attached hydrogens (tertiary/aromatic N) is 1. The first-order chi connectivity index (χ1) is 4.66. The number of rotatable bonds is 3. The van der Waals surface area contributed by atoms with Gasteiger partial charge in [0.05, 0.1) is 0 Å². The molecule has 0 heterocycles. The van der Waals surface area contributed by atoms with E-state index in [9.17, 15) is 4.79 Å². The molecule has 0 radical (unpaired) electrons. The lowest BCUT2D eigenvalue weighted by atomic mass is 10.3. The van der Waals surface area contributed by atoms with Gasteiger partial charge < -0.3 is 4.90 Å². The molecule has 0 amide bonds. The summed E-state index contributed by atoms with van der Waals surface area (Å²) in [5.41, 5.74) is 0.962. The highest BCUT2D eigenvalue weighted by Crippen LogP contribution is 1.92. The predicted molar refractivity (Wildman–Crippen MR) is 42.6 cm³/mol. The molecule has 0 spiro atoms. The molecule has 2 heteroatoms. The Bertz CT molecular complexity index is 157. The van der Waals surface area contributed by atoms with E-state index in [0.29, 0.717) is 0 Å². The number of aldehydes is 1. The van der Waals surface area contributed by atoms with Crippen LogP contribution in [0.15, 0.2) is 23.9 Å². The van der Waals surface area contributed by atoms with Gasteiger partial charge >= 0.3 is 0 Å². The lowest BCUT2D eigenvalue weighted by Gasteiger charge is -2.02. The fourth-order valence-corrected chi connectivity index (χ4v) is 0.430. The van der Waals surface area contributed by atoms with E-state index in [0.717, 1.165) is 11.9 Å². The van der Waals surface area contributed by atoms with Gasteiger partial charge in [-0.05, 0) is 30.8 Å². The Hall–Kier alpha value is -1.05. The fourth-order valence-electron chi connectivity index (χ4n) is 0.430. The summed E-state index contributed by atoms with van der Waals surface area (Å²) in [4.78, 5) is 11.9. The van der Waals surface area contributed by atoms with Crippen LogP contribution < -0.4 is 0 Å². The van der Waals surface area contributed by atoms with Gasteiger partial charge in [0.2, 0.25) is 0 Å². The molecule has 0 saturated carbocycles. The monoisotopic (exact) mass is 139 g/mol. The molecule has 0 rings (SSSR count). The zero-order chi connectivity index (χ0) is 7.98. The molecule has 0 fully saturated rings. The number of allylic oxidation sites excluding steroid dienone is 3. The maximum atomic E-state index is 9.94. The van der Waals surface area contributed by atoms with E-state index >= 15 is 0 Å². The van der Waals surface area contributed by atoms with Gasteiger partial charge in [-0.1, -0.05) is 0 Å². The first-order valence-electron chi connectivity index (χ1n) is 3.13. The van der Waals surface area contributed by atoms with Crippen molar-refractivity contribution in [2.75, 3.05) is 14.1 Å². The summed E-state index contributed by atoms with van der Waals surface area (Å²) in [5.74, 6) is 0. The topological polar surface area (TPSA) is 20.3 Å². The van der Waals surface area contributed by atoms with Crippen molar-refractivity contribution in [3.05, 3.63) is 23.9 Å². The Balaban J connectivity index is 3.88. The van der Waals surface area contributed by atoms with Crippen LogP contribution in [-0.4, -0.2) is 25.3 Å². The highest BCUT2D eigenvalue weighted by molar-refractivity contribution is 5.66. The quantitative estimate of drug-likeness (QED) is 0.333. The number of hydrogen-bond acceptors (Lipinski definition) is 2. The molecule has 0 bridgehead atoms. The predicted octanol–water partition coefficient (Wildman–Crippen LogP) is 1.21. The third-order valence-electron chi connectivity index (χ3n) is 0.967. The Labute approximate surface area is 61.8 Å². The molecule has 0 atom stereocenters. The largest absolute Gasteiger partial charge is 0.383 e. The van der Waals surface area contributed by atoms with E-state index in [1.165, 1.54) is 6.08 Å². The van der Waals surface area contributed by atoms with E-state index in [4.69, 9.17) is 0 Å².